The second-order valence-corrected chi connectivity index (χ2v) is 13.4. The number of fused-ring (bicyclic) bond motifs is 6. The van der Waals surface area contributed by atoms with E-state index in [1.54, 1.807) is 12.4 Å². The van der Waals surface area contributed by atoms with Crippen LogP contribution in [-0.2, 0) is 9.31 Å². The molecule has 9 rings (SSSR count). The summed E-state index contributed by atoms with van der Waals surface area (Å²) in [6.07, 6.45) is 3.54. The van der Waals surface area contributed by atoms with Gasteiger partial charge in [0.15, 0.2) is 0 Å². The molecule has 1 fully saturated rings. The number of rotatable bonds is 2. The van der Waals surface area contributed by atoms with E-state index < -0.39 is 0 Å². The molecule has 8 aromatic rings. The van der Waals surface area contributed by atoms with E-state index >= 15 is 0 Å². The fourth-order valence-electron chi connectivity index (χ4n) is 5.63. The summed E-state index contributed by atoms with van der Waals surface area (Å²) >= 11 is 3.20. The maximum atomic E-state index is 6.11. The van der Waals surface area contributed by atoms with Crippen molar-refractivity contribution >= 4 is 72.4 Å². The van der Waals surface area contributed by atoms with Crippen molar-refractivity contribution < 1.29 is 18.1 Å². The lowest BCUT2D eigenvalue weighted by atomic mass is 9.79. The quantitative estimate of drug-likeness (QED) is 0.132. The van der Waals surface area contributed by atoms with Crippen LogP contribution in [0.4, 0.5) is 0 Å². The third-order valence-corrected chi connectivity index (χ3v) is 9.37. The van der Waals surface area contributed by atoms with Crippen molar-refractivity contribution in [1.82, 2.24) is 9.97 Å². The Morgan fingerprint density at radius 1 is 0.521 bits per heavy atom. The standard InChI is InChI=1S/C18H19BO3.C17H11NO.C5H4BrN/c1-17(2)18(3,4)22-19(21-17)12-9-10-14-13-7-5-6-8-15(13)20-16(14)11-12;1-2-7-16-13(5-1)14-9-8-12(11-17(14)19-16)15-6-3-4-10-18-15;6-5-3-1-2-4-7-5/h5-11H,1-4H3;1-11H;1-4H. The van der Waals surface area contributed by atoms with E-state index in [0.29, 0.717) is 0 Å². The molecular weight excluding hydrogens is 663 g/mol. The number of benzene rings is 4. The molecule has 1 aliphatic heterocycles. The number of nitrogens with zero attached hydrogens (tertiary/aromatic N) is 2. The summed E-state index contributed by atoms with van der Waals surface area (Å²) in [6, 6.07) is 40.2. The summed E-state index contributed by atoms with van der Waals surface area (Å²) in [5, 5.41) is 4.56. The first kappa shape index (κ1) is 31.8. The predicted molar refractivity (Wildman–Crippen MR) is 198 cm³/mol. The van der Waals surface area contributed by atoms with E-state index in [1.807, 2.05) is 78.9 Å². The zero-order valence-electron chi connectivity index (χ0n) is 27.2. The predicted octanol–water partition coefficient (Wildman–Crippen LogP) is 10.4. The van der Waals surface area contributed by atoms with Crippen LogP contribution in [-0.4, -0.2) is 28.3 Å². The fourth-order valence-corrected chi connectivity index (χ4v) is 5.90. The lowest BCUT2D eigenvalue weighted by Gasteiger charge is -2.32. The molecule has 6 nitrogen and oxygen atoms in total. The molecule has 0 amide bonds. The number of aromatic nitrogens is 2. The number of halogens is 1. The van der Waals surface area contributed by atoms with Crippen LogP contribution in [0.3, 0.4) is 0 Å². The van der Waals surface area contributed by atoms with Gasteiger partial charge in [-0.3, -0.25) is 4.98 Å². The molecule has 0 spiro atoms. The molecule has 0 bridgehead atoms. The maximum Gasteiger partial charge on any atom is 0.494 e. The van der Waals surface area contributed by atoms with Crippen molar-refractivity contribution in [2.45, 2.75) is 38.9 Å². The van der Waals surface area contributed by atoms with Crippen molar-refractivity contribution in [3.8, 4) is 11.3 Å². The number of furan rings is 2. The van der Waals surface area contributed by atoms with Gasteiger partial charge in [0.1, 0.15) is 26.9 Å². The molecule has 48 heavy (non-hydrogen) atoms. The van der Waals surface area contributed by atoms with Crippen LogP contribution in [0.2, 0.25) is 0 Å². The van der Waals surface area contributed by atoms with E-state index in [1.165, 1.54) is 0 Å². The second kappa shape index (κ2) is 13.0. The van der Waals surface area contributed by atoms with E-state index in [4.69, 9.17) is 18.1 Å². The summed E-state index contributed by atoms with van der Waals surface area (Å²) in [7, 11) is -0.359. The molecule has 0 saturated carbocycles. The number of pyridine rings is 2. The van der Waals surface area contributed by atoms with Crippen LogP contribution in [0.5, 0.6) is 0 Å². The Kier molecular flexibility index (Phi) is 8.64. The third-order valence-electron chi connectivity index (χ3n) is 8.90. The molecule has 0 aliphatic carbocycles. The zero-order chi connectivity index (χ0) is 33.3. The Morgan fingerprint density at radius 3 is 1.58 bits per heavy atom. The Hall–Kier alpha value is -4.76. The van der Waals surface area contributed by atoms with Gasteiger partial charge < -0.3 is 18.1 Å². The van der Waals surface area contributed by atoms with Crippen LogP contribution < -0.4 is 5.46 Å². The van der Waals surface area contributed by atoms with Crippen LogP contribution >= 0.6 is 15.9 Å². The highest BCUT2D eigenvalue weighted by molar-refractivity contribution is 9.10. The van der Waals surface area contributed by atoms with Gasteiger partial charge in [0.2, 0.25) is 0 Å². The average molecular weight is 697 g/mol. The third kappa shape index (κ3) is 6.39. The Bertz CT molecular complexity index is 2320. The highest BCUT2D eigenvalue weighted by Gasteiger charge is 2.51. The van der Waals surface area contributed by atoms with Gasteiger partial charge in [0.25, 0.3) is 0 Å². The largest absolute Gasteiger partial charge is 0.494 e. The minimum Gasteiger partial charge on any atom is -0.456 e. The highest BCUT2D eigenvalue weighted by Crippen LogP contribution is 2.37. The topological polar surface area (TPSA) is 70.5 Å². The van der Waals surface area contributed by atoms with E-state index in [-0.39, 0.29) is 18.3 Å². The van der Waals surface area contributed by atoms with Crippen molar-refractivity contribution in [3.05, 3.63) is 138 Å². The molecular formula is C40H34BBrN2O4. The first-order valence-electron chi connectivity index (χ1n) is 15.8. The van der Waals surface area contributed by atoms with Crippen molar-refractivity contribution in [2.75, 3.05) is 0 Å². The summed E-state index contributed by atoms with van der Waals surface area (Å²) in [5.41, 5.74) is 5.97. The van der Waals surface area contributed by atoms with E-state index in [9.17, 15) is 0 Å². The van der Waals surface area contributed by atoms with Gasteiger partial charge in [0.05, 0.1) is 16.9 Å². The Balaban J connectivity index is 0.000000128. The monoisotopic (exact) mass is 696 g/mol. The van der Waals surface area contributed by atoms with E-state index in [2.05, 4.69) is 96.1 Å². The van der Waals surface area contributed by atoms with E-state index in [0.717, 1.165) is 65.2 Å². The molecule has 4 aromatic carbocycles. The molecule has 5 heterocycles. The first-order valence-corrected chi connectivity index (χ1v) is 16.6. The van der Waals surface area contributed by atoms with Gasteiger partial charge in [-0.15, -0.1) is 0 Å². The summed E-state index contributed by atoms with van der Waals surface area (Å²) in [6.45, 7) is 8.25. The molecule has 0 unspecified atom stereocenters. The molecule has 0 N–H and O–H groups in total. The van der Waals surface area contributed by atoms with Crippen LogP contribution in [0.15, 0.2) is 147 Å². The number of hydrogen-bond donors (Lipinski definition) is 0. The van der Waals surface area contributed by atoms with Crippen molar-refractivity contribution in [2.24, 2.45) is 0 Å². The molecule has 1 aliphatic rings. The molecule has 0 radical (unpaired) electrons. The van der Waals surface area contributed by atoms with Gasteiger partial charge in [0, 0.05) is 39.5 Å². The smallest absolute Gasteiger partial charge is 0.456 e. The zero-order valence-corrected chi connectivity index (χ0v) is 28.8. The summed E-state index contributed by atoms with van der Waals surface area (Å²) < 4.78 is 24.9. The van der Waals surface area contributed by atoms with Crippen LogP contribution in [0.25, 0.3) is 55.1 Å². The maximum absolute atomic E-state index is 6.11. The van der Waals surface area contributed by atoms with Gasteiger partial charge in [-0.2, -0.15) is 0 Å². The first-order chi connectivity index (χ1) is 23.2. The van der Waals surface area contributed by atoms with Crippen molar-refractivity contribution in [1.29, 1.82) is 0 Å². The van der Waals surface area contributed by atoms with Crippen LogP contribution in [0.1, 0.15) is 27.7 Å². The molecule has 1 saturated heterocycles. The fraction of sp³-hybridized carbons (Fsp3) is 0.150. The Labute approximate surface area is 288 Å². The SMILES string of the molecule is Brc1ccccn1.CC1(C)OB(c2ccc3c(c2)oc2ccccc23)OC1(C)C.c1ccc(-c2ccc3c(c2)oc2ccccc23)nc1. The van der Waals surface area contributed by atoms with Gasteiger partial charge in [-0.05, 0) is 104 Å². The molecule has 238 valence electrons. The second-order valence-electron chi connectivity index (χ2n) is 12.6. The summed E-state index contributed by atoms with van der Waals surface area (Å²) in [4.78, 5) is 8.26. The van der Waals surface area contributed by atoms with Crippen LogP contribution in [0, 0.1) is 0 Å². The van der Waals surface area contributed by atoms with Gasteiger partial charge in [-0.1, -0.05) is 66.7 Å². The molecule has 4 aromatic heterocycles. The highest BCUT2D eigenvalue weighted by atomic mass is 79.9. The van der Waals surface area contributed by atoms with Gasteiger partial charge >= 0.3 is 7.12 Å². The normalized spacial score (nSPS) is 14.9. The minimum absolute atomic E-state index is 0.333. The van der Waals surface area contributed by atoms with Gasteiger partial charge in [-0.25, -0.2) is 4.98 Å². The minimum atomic E-state index is -0.359. The number of hydrogen-bond acceptors (Lipinski definition) is 6. The Morgan fingerprint density at radius 2 is 1.04 bits per heavy atom. The molecule has 0 atom stereocenters. The van der Waals surface area contributed by atoms with Crippen molar-refractivity contribution in [3.63, 3.8) is 0 Å². The lowest BCUT2D eigenvalue weighted by molar-refractivity contribution is 0.00578. The average Bonchev–Trinajstić information content (AvgIpc) is 3.73. The summed E-state index contributed by atoms with van der Waals surface area (Å²) in [5.74, 6) is 0. The molecule has 8 heteroatoms. The number of para-hydroxylation sites is 2. The lowest BCUT2D eigenvalue weighted by Crippen LogP contribution is -2.41.